The molecule has 1 N–H and O–H groups in total. The normalized spacial score (nSPS) is 16.0. The highest BCUT2D eigenvalue weighted by atomic mass is 16.2. The summed E-state index contributed by atoms with van der Waals surface area (Å²) in [7, 11) is 0. The molecule has 0 aromatic carbocycles. The zero-order chi connectivity index (χ0) is 14.7. The Balaban J connectivity index is 1.66. The van der Waals surface area contributed by atoms with Gasteiger partial charge < -0.3 is 9.88 Å². The summed E-state index contributed by atoms with van der Waals surface area (Å²) in [6, 6.07) is 1.65. The summed E-state index contributed by atoms with van der Waals surface area (Å²) >= 11 is 0. The number of hydrogen-bond acceptors (Lipinski definition) is 4. The second-order valence-corrected chi connectivity index (χ2v) is 5.43. The van der Waals surface area contributed by atoms with Crippen molar-refractivity contribution in [2.75, 3.05) is 0 Å². The largest absolute Gasteiger partial charge is 0.345 e. The van der Waals surface area contributed by atoms with Gasteiger partial charge in [-0.05, 0) is 25.8 Å². The molecule has 0 radical (unpaired) electrons. The number of aromatic nitrogens is 5. The van der Waals surface area contributed by atoms with E-state index >= 15 is 0 Å². The van der Waals surface area contributed by atoms with Crippen LogP contribution in [0, 0.1) is 0 Å². The lowest BCUT2D eigenvalue weighted by atomic mass is 10.2. The molecule has 0 unspecified atom stereocenters. The number of aryl methyl sites for hydroxylation is 1. The number of nitrogens with one attached hydrogen (secondary N) is 1. The molecule has 21 heavy (non-hydrogen) atoms. The molecule has 3 rings (SSSR count). The van der Waals surface area contributed by atoms with Crippen molar-refractivity contribution in [2.45, 2.75) is 51.7 Å². The van der Waals surface area contributed by atoms with E-state index in [-0.39, 0.29) is 18.5 Å². The van der Waals surface area contributed by atoms with Crippen molar-refractivity contribution in [3.63, 3.8) is 0 Å². The molecule has 7 heteroatoms. The van der Waals surface area contributed by atoms with Gasteiger partial charge in [-0.2, -0.15) is 5.10 Å². The van der Waals surface area contributed by atoms with E-state index in [0.29, 0.717) is 0 Å². The summed E-state index contributed by atoms with van der Waals surface area (Å²) in [5.74, 6) is 1.81. The minimum atomic E-state index is -0.146. The molecule has 2 aromatic rings. The van der Waals surface area contributed by atoms with Crippen molar-refractivity contribution in [1.82, 2.24) is 29.9 Å². The van der Waals surface area contributed by atoms with Crippen LogP contribution >= 0.6 is 0 Å². The molecule has 0 bridgehead atoms. The molecule has 0 spiro atoms. The van der Waals surface area contributed by atoms with Crippen LogP contribution in [0.4, 0.5) is 0 Å². The van der Waals surface area contributed by atoms with Gasteiger partial charge in [0.1, 0.15) is 12.4 Å². The van der Waals surface area contributed by atoms with Gasteiger partial charge in [0.05, 0.1) is 6.04 Å². The summed E-state index contributed by atoms with van der Waals surface area (Å²) in [4.78, 5) is 12.0. The van der Waals surface area contributed by atoms with E-state index in [1.54, 1.807) is 23.1 Å². The molecule has 112 valence electrons. The summed E-state index contributed by atoms with van der Waals surface area (Å²) < 4.78 is 3.76. The van der Waals surface area contributed by atoms with Crippen LogP contribution < -0.4 is 5.32 Å². The van der Waals surface area contributed by atoms with Crippen LogP contribution in [-0.4, -0.2) is 30.5 Å². The Bertz CT molecular complexity index is 603. The van der Waals surface area contributed by atoms with Crippen molar-refractivity contribution in [1.29, 1.82) is 0 Å². The van der Waals surface area contributed by atoms with Crippen LogP contribution in [0.15, 0.2) is 18.5 Å². The van der Waals surface area contributed by atoms with E-state index in [9.17, 15) is 4.79 Å². The molecule has 3 heterocycles. The predicted molar refractivity (Wildman–Crippen MR) is 76.4 cm³/mol. The Hall–Kier alpha value is -2.18. The van der Waals surface area contributed by atoms with E-state index in [1.807, 2.05) is 6.92 Å². The fourth-order valence-corrected chi connectivity index (χ4v) is 2.72. The van der Waals surface area contributed by atoms with Crippen LogP contribution in [-0.2, 0) is 24.3 Å². The Morgan fingerprint density at radius 3 is 3.10 bits per heavy atom. The molecule has 7 nitrogen and oxygen atoms in total. The standard InChI is InChI=1S/C14H20N6O/c1-11(16-13(21)10-19-8-5-7-15-19)14-18-17-12-6-3-2-4-9-20(12)14/h5,7-8,11H,2-4,6,9-10H2,1H3,(H,16,21)/t11-/m0/s1. The molecular formula is C14H20N6O. The van der Waals surface area contributed by atoms with Gasteiger partial charge in [-0.1, -0.05) is 6.42 Å². The van der Waals surface area contributed by atoms with Crippen LogP contribution in [0.25, 0.3) is 0 Å². The maximum atomic E-state index is 12.0. The van der Waals surface area contributed by atoms with Crippen LogP contribution in [0.3, 0.4) is 0 Å². The summed E-state index contributed by atoms with van der Waals surface area (Å²) in [5.41, 5.74) is 0. The molecule has 0 aliphatic carbocycles. The smallest absolute Gasteiger partial charge is 0.242 e. The molecule has 1 atom stereocenters. The van der Waals surface area contributed by atoms with E-state index in [0.717, 1.165) is 37.5 Å². The number of rotatable bonds is 4. The molecular weight excluding hydrogens is 268 g/mol. The van der Waals surface area contributed by atoms with Crippen molar-refractivity contribution in [3.05, 3.63) is 30.1 Å². The third-order valence-electron chi connectivity index (χ3n) is 3.77. The fraction of sp³-hybridized carbons (Fsp3) is 0.571. The lowest BCUT2D eigenvalue weighted by molar-refractivity contribution is -0.122. The molecule has 0 saturated carbocycles. The predicted octanol–water partition coefficient (Wildman–Crippen LogP) is 1.08. The maximum Gasteiger partial charge on any atom is 0.242 e. The first-order valence-electron chi connectivity index (χ1n) is 7.43. The Kier molecular flexibility index (Phi) is 3.98. The molecule has 1 amide bonds. The van der Waals surface area contributed by atoms with Gasteiger partial charge in [-0.15, -0.1) is 10.2 Å². The number of carbonyl (C=O) groups excluding carboxylic acids is 1. The quantitative estimate of drug-likeness (QED) is 0.913. The minimum Gasteiger partial charge on any atom is -0.345 e. The van der Waals surface area contributed by atoms with Crippen molar-refractivity contribution < 1.29 is 4.79 Å². The third kappa shape index (κ3) is 3.12. The van der Waals surface area contributed by atoms with Gasteiger partial charge in [0.25, 0.3) is 0 Å². The van der Waals surface area contributed by atoms with Gasteiger partial charge in [0.15, 0.2) is 5.82 Å². The van der Waals surface area contributed by atoms with Crippen molar-refractivity contribution in [2.24, 2.45) is 0 Å². The van der Waals surface area contributed by atoms with E-state index in [2.05, 4.69) is 25.2 Å². The summed E-state index contributed by atoms with van der Waals surface area (Å²) in [5, 5.41) is 15.5. The highest BCUT2D eigenvalue weighted by Crippen LogP contribution is 2.18. The monoisotopic (exact) mass is 288 g/mol. The van der Waals surface area contributed by atoms with E-state index in [1.165, 1.54) is 6.42 Å². The molecule has 1 aliphatic heterocycles. The third-order valence-corrected chi connectivity index (χ3v) is 3.77. The van der Waals surface area contributed by atoms with Crippen molar-refractivity contribution in [3.8, 4) is 0 Å². The number of fused-ring (bicyclic) bond motifs is 1. The average molecular weight is 288 g/mol. The highest BCUT2D eigenvalue weighted by molar-refractivity contribution is 5.75. The Morgan fingerprint density at radius 2 is 2.29 bits per heavy atom. The molecule has 0 fully saturated rings. The second-order valence-electron chi connectivity index (χ2n) is 5.43. The number of carbonyl (C=O) groups is 1. The molecule has 0 saturated heterocycles. The lowest BCUT2D eigenvalue weighted by Gasteiger charge is -2.15. The van der Waals surface area contributed by atoms with Gasteiger partial charge in [-0.3, -0.25) is 9.48 Å². The first-order valence-corrected chi connectivity index (χ1v) is 7.43. The Morgan fingerprint density at radius 1 is 1.38 bits per heavy atom. The van der Waals surface area contributed by atoms with E-state index < -0.39 is 0 Å². The van der Waals surface area contributed by atoms with Gasteiger partial charge in [0, 0.05) is 25.4 Å². The minimum absolute atomic E-state index is 0.0721. The Labute approximate surface area is 123 Å². The molecule has 1 aliphatic rings. The van der Waals surface area contributed by atoms with Gasteiger partial charge in [-0.25, -0.2) is 0 Å². The molecule has 2 aromatic heterocycles. The van der Waals surface area contributed by atoms with E-state index in [4.69, 9.17) is 0 Å². The van der Waals surface area contributed by atoms with Gasteiger partial charge >= 0.3 is 0 Å². The van der Waals surface area contributed by atoms with Crippen LogP contribution in [0.1, 0.15) is 43.9 Å². The first-order chi connectivity index (χ1) is 10.2. The topological polar surface area (TPSA) is 77.6 Å². The van der Waals surface area contributed by atoms with Crippen LogP contribution in [0.2, 0.25) is 0 Å². The number of hydrogen-bond donors (Lipinski definition) is 1. The maximum absolute atomic E-state index is 12.0. The zero-order valence-electron chi connectivity index (χ0n) is 12.2. The van der Waals surface area contributed by atoms with Gasteiger partial charge in [0.2, 0.25) is 5.91 Å². The number of amides is 1. The summed E-state index contributed by atoms with van der Waals surface area (Å²) in [6.45, 7) is 3.11. The SMILES string of the molecule is C[C@H](NC(=O)Cn1cccn1)c1nnc2n1CCCCC2. The average Bonchev–Trinajstić information content (AvgIpc) is 3.04. The number of nitrogens with zero attached hydrogens (tertiary/aromatic N) is 5. The summed E-state index contributed by atoms with van der Waals surface area (Å²) in [6.07, 6.45) is 7.94. The van der Waals surface area contributed by atoms with Crippen molar-refractivity contribution >= 4 is 5.91 Å². The highest BCUT2D eigenvalue weighted by Gasteiger charge is 2.20. The first kappa shape index (κ1) is 13.8. The second kappa shape index (κ2) is 6.07. The zero-order valence-corrected chi connectivity index (χ0v) is 12.2. The van der Waals surface area contributed by atoms with Crippen LogP contribution in [0.5, 0.6) is 0 Å². The fourth-order valence-electron chi connectivity index (χ4n) is 2.72. The lowest BCUT2D eigenvalue weighted by Crippen LogP contribution is -2.32.